The SMILES string of the molecule is O=C(c1cc(Cl)nc2ccccc12)N1CCN(CCCOCC(F)(F)F)CC1. The molecule has 0 spiro atoms. The summed E-state index contributed by atoms with van der Waals surface area (Å²) in [5.74, 6) is -0.0892. The van der Waals surface area contributed by atoms with E-state index < -0.39 is 12.8 Å². The van der Waals surface area contributed by atoms with Crippen molar-refractivity contribution in [2.45, 2.75) is 12.6 Å². The Morgan fingerprint density at radius 2 is 1.89 bits per heavy atom. The van der Waals surface area contributed by atoms with Crippen LogP contribution in [0.15, 0.2) is 30.3 Å². The van der Waals surface area contributed by atoms with Crippen molar-refractivity contribution in [1.29, 1.82) is 0 Å². The van der Waals surface area contributed by atoms with Crippen molar-refractivity contribution < 1.29 is 22.7 Å². The minimum Gasteiger partial charge on any atom is -0.372 e. The molecule has 2 aromatic rings. The van der Waals surface area contributed by atoms with E-state index in [2.05, 4.69) is 14.6 Å². The Kier molecular flexibility index (Phi) is 6.74. The van der Waals surface area contributed by atoms with Crippen molar-refractivity contribution in [3.05, 3.63) is 41.0 Å². The fourth-order valence-corrected chi connectivity index (χ4v) is 3.44. The summed E-state index contributed by atoms with van der Waals surface area (Å²) in [4.78, 5) is 21.1. The molecule has 0 aliphatic carbocycles. The maximum absolute atomic E-state index is 13.0. The first-order valence-corrected chi connectivity index (χ1v) is 9.43. The average Bonchev–Trinajstić information content (AvgIpc) is 2.66. The molecule has 28 heavy (non-hydrogen) atoms. The van der Waals surface area contributed by atoms with E-state index in [1.54, 1.807) is 11.0 Å². The number of para-hydroxylation sites is 1. The standard InChI is InChI=1S/C19H21ClF3N3O2/c20-17-12-15(14-4-1-2-5-16(14)24-17)18(27)26-9-7-25(8-10-26)6-3-11-28-13-19(21,22)23/h1-2,4-5,12H,3,6-11,13H2. The number of carbonyl (C=O) groups is 1. The third-order valence-corrected chi connectivity index (χ3v) is 4.80. The van der Waals surface area contributed by atoms with Crippen LogP contribution >= 0.6 is 11.6 Å². The summed E-state index contributed by atoms with van der Waals surface area (Å²) in [6, 6.07) is 8.96. The number of benzene rings is 1. The number of carbonyl (C=O) groups excluding carboxylic acids is 1. The second-order valence-electron chi connectivity index (χ2n) is 6.66. The Labute approximate surface area is 166 Å². The maximum Gasteiger partial charge on any atom is 0.411 e. The molecule has 0 bridgehead atoms. The van der Waals surface area contributed by atoms with Crippen LogP contribution in [0.3, 0.4) is 0 Å². The molecule has 0 saturated carbocycles. The first kappa shape index (κ1) is 20.8. The van der Waals surface area contributed by atoms with E-state index in [1.165, 1.54) is 0 Å². The number of halogens is 4. The van der Waals surface area contributed by atoms with Crippen LogP contribution in [0.2, 0.25) is 5.15 Å². The lowest BCUT2D eigenvalue weighted by atomic mass is 10.1. The zero-order chi connectivity index (χ0) is 20.1. The zero-order valence-electron chi connectivity index (χ0n) is 15.2. The molecular weight excluding hydrogens is 395 g/mol. The highest BCUT2D eigenvalue weighted by atomic mass is 35.5. The predicted octanol–water partition coefficient (Wildman–Crippen LogP) is 3.62. The number of rotatable bonds is 6. The van der Waals surface area contributed by atoms with E-state index in [0.29, 0.717) is 50.2 Å². The lowest BCUT2D eigenvalue weighted by Gasteiger charge is -2.35. The quantitative estimate of drug-likeness (QED) is 0.534. The Balaban J connectivity index is 1.51. The largest absolute Gasteiger partial charge is 0.411 e. The van der Waals surface area contributed by atoms with E-state index in [9.17, 15) is 18.0 Å². The van der Waals surface area contributed by atoms with Gasteiger partial charge in [-0.25, -0.2) is 4.98 Å². The molecule has 9 heteroatoms. The molecule has 0 unspecified atom stereocenters. The van der Waals surface area contributed by atoms with Crippen molar-refractivity contribution in [1.82, 2.24) is 14.8 Å². The summed E-state index contributed by atoms with van der Waals surface area (Å²) < 4.78 is 40.7. The number of fused-ring (bicyclic) bond motifs is 1. The first-order valence-electron chi connectivity index (χ1n) is 9.05. The molecule has 1 fully saturated rings. The van der Waals surface area contributed by atoms with E-state index in [1.807, 2.05) is 24.3 Å². The zero-order valence-corrected chi connectivity index (χ0v) is 16.0. The highest BCUT2D eigenvalue weighted by Crippen LogP contribution is 2.23. The molecular formula is C19H21ClF3N3O2. The Hall–Kier alpha value is -1.90. The number of alkyl halides is 3. The number of amides is 1. The van der Waals surface area contributed by atoms with Crippen LogP contribution in [-0.2, 0) is 4.74 Å². The van der Waals surface area contributed by atoms with Gasteiger partial charge in [-0.1, -0.05) is 29.8 Å². The molecule has 2 heterocycles. The smallest absolute Gasteiger partial charge is 0.372 e. The Morgan fingerprint density at radius 3 is 2.61 bits per heavy atom. The van der Waals surface area contributed by atoms with Crippen LogP contribution in [0.25, 0.3) is 10.9 Å². The monoisotopic (exact) mass is 415 g/mol. The van der Waals surface area contributed by atoms with Gasteiger partial charge >= 0.3 is 6.18 Å². The van der Waals surface area contributed by atoms with E-state index in [4.69, 9.17) is 11.6 Å². The van der Waals surface area contributed by atoms with Gasteiger partial charge < -0.3 is 9.64 Å². The van der Waals surface area contributed by atoms with Crippen molar-refractivity contribution in [2.24, 2.45) is 0 Å². The number of pyridine rings is 1. The fourth-order valence-electron chi connectivity index (χ4n) is 3.24. The number of piperazine rings is 1. The summed E-state index contributed by atoms with van der Waals surface area (Å²) in [7, 11) is 0. The molecule has 3 rings (SSSR count). The summed E-state index contributed by atoms with van der Waals surface area (Å²) in [5, 5.41) is 1.04. The second-order valence-corrected chi connectivity index (χ2v) is 7.05. The van der Waals surface area contributed by atoms with E-state index in [-0.39, 0.29) is 17.7 Å². The van der Waals surface area contributed by atoms with Gasteiger partial charge in [0.25, 0.3) is 5.91 Å². The lowest BCUT2D eigenvalue weighted by molar-refractivity contribution is -0.174. The van der Waals surface area contributed by atoms with Gasteiger partial charge in [-0.2, -0.15) is 13.2 Å². The van der Waals surface area contributed by atoms with Crippen molar-refractivity contribution >= 4 is 28.4 Å². The van der Waals surface area contributed by atoms with Crippen LogP contribution in [0.4, 0.5) is 13.2 Å². The molecule has 1 aromatic heterocycles. The maximum atomic E-state index is 13.0. The number of ether oxygens (including phenoxy) is 1. The normalized spacial score (nSPS) is 15.9. The van der Waals surface area contributed by atoms with E-state index in [0.717, 1.165) is 5.39 Å². The summed E-state index contributed by atoms with van der Waals surface area (Å²) >= 11 is 6.07. The Morgan fingerprint density at radius 1 is 1.18 bits per heavy atom. The van der Waals surface area contributed by atoms with Gasteiger partial charge in [0.2, 0.25) is 0 Å². The minimum absolute atomic E-state index is 0.0696. The van der Waals surface area contributed by atoms with Crippen LogP contribution in [-0.4, -0.2) is 72.8 Å². The highest BCUT2D eigenvalue weighted by Gasteiger charge is 2.27. The summed E-state index contributed by atoms with van der Waals surface area (Å²) in [5.41, 5.74) is 1.21. The summed E-state index contributed by atoms with van der Waals surface area (Å²) in [6.07, 6.45) is -3.76. The van der Waals surface area contributed by atoms with E-state index >= 15 is 0 Å². The fraction of sp³-hybridized carbons (Fsp3) is 0.474. The van der Waals surface area contributed by atoms with Crippen LogP contribution in [0, 0.1) is 0 Å². The molecule has 1 saturated heterocycles. The van der Waals surface area contributed by atoms with Crippen LogP contribution < -0.4 is 0 Å². The summed E-state index contributed by atoms with van der Waals surface area (Å²) in [6.45, 7) is 1.94. The number of aromatic nitrogens is 1. The molecule has 1 aliphatic heterocycles. The molecule has 152 valence electrons. The van der Waals surface area contributed by atoms with Gasteiger partial charge in [0.1, 0.15) is 11.8 Å². The molecule has 1 aliphatic rings. The third-order valence-electron chi connectivity index (χ3n) is 4.60. The van der Waals surface area contributed by atoms with Gasteiger partial charge in [-0.05, 0) is 18.6 Å². The van der Waals surface area contributed by atoms with Gasteiger partial charge in [0.05, 0.1) is 11.1 Å². The third kappa shape index (κ3) is 5.56. The first-order chi connectivity index (χ1) is 13.3. The average molecular weight is 416 g/mol. The number of hydrogen-bond donors (Lipinski definition) is 0. The molecule has 5 nitrogen and oxygen atoms in total. The second kappa shape index (κ2) is 9.07. The topological polar surface area (TPSA) is 45.7 Å². The van der Waals surface area contributed by atoms with Crippen molar-refractivity contribution in [3.8, 4) is 0 Å². The van der Waals surface area contributed by atoms with Gasteiger partial charge in [-0.15, -0.1) is 0 Å². The predicted molar refractivity (Wildman–Crippen MR) is 101 cm³/mol. The Bertz CT molecular complexity index is 824. The van der Waals surface area contributed by atoms with Gasteiger partial charge in [-0.3, -0.25) is 9.69 Å². The van der Waals surface area contributed by atoms with Gasteiger partial charge in [0.15, 0.2) is 0 Å². The molecule has 1 aromatic carbocycles. The molecule has 1 amide bonds. The van der Waals surface area contributed by atoms with Crippen LogP contribution in [0.5, 0.6) is 0 Å². The number of hydrogen-bond acceptors (Lipinski definition) is 4. The van der Waals surface area contributed by atoms with Crippen LogP contribution in [0.1, 0.15) is 16.8 Å². The van der Waals surface area contributed by atoms with Crippen molar-refractivity contribution in [3.63, 3.8) is 0 Å². The highest BCUT2D eigenvalue weighted by molar-refractivity contribution is 6.30. The minimum atomic E-state index is -4.29. The lowest BCUT2D eigenvalue weighted by Crippen LogP contribution is -2.49. The molecule has 0 atom stereocenters. The van der Waals surface area contributed by atoms with Crippen molar-refractivity contribution in [2.75, 3.05) is 45.9 Å². The molecule has 0 radical (unpaired) electrons. The number of nitrogens with zero attached hydrogens (tertiary/aromatic N) is 3. The van der Waals surface area contributed by atoms with Gasteiger partial charge in [0, 0.05) is 44.7 Å². The molecule has 0 N–H and O–H groups in total.